The van der Waals surface area contributed by atoms with Crippen molar-refractivity contribution in [2.45, 2.75) is 33.1 Å². The first-order chi connectivity index (χ1) is 5.98. The minimum absolute atomic E-state index is 0.00722. The quantitative estimate of drug-likeness (QED) is 0.540. The number of carbonyl (C=O) groups is 1. The van der Waals surface area contributed by atoms with Gasteiger partial charge < -0.3 is 16.2 Å². The molecule has 4 N–H and O–H groups in total. The molecule has 4 heteroatoms. The van der Waals surface area contributed by atoms with Crippen LogP contribution in [0.1, 0.15) is 33.1 Å². The van der Waals surface area contributed by atoms with Gasteiger partial charge in [-0.2, -0.15) is 0 Å². The Morgan fingerprint density at radius 3 is 2.54 bits per heavy atom. The average molecular weight is 188 g/mol. The van der Waals surface area contributed by atoms with Crippen molar-refractivity contribution in [3.05, 3.63) is 0 Å². The van der Waals surface area contributed by atoms with Crippen molar-refractivity contribution in [3.8, 4) is 0 Å². The highest BCUT2D eigenvalue weighted by Crippen LogP contribution is 2.21. The maximum atomic E-state index is 10.3. The summed E-state index contributed by atoms with van der Waals surface area (Å²) < 4.78 is 0. The molecule has 4 nitrogen and oxygen atoms in total. The van der Waals surface area contributed by atoms with Crippen LogP contribution in [0, 0.1) is 5.41 Å². The average Bonchev–Trinajstić information content (AvgIpc) is 2.03. The van der Waals surface area contributed by atoms with Crippen molar-refractivity contribution in [1.29, 1.82) is 0 Å². The van der Waals surface area contributed by atoms with Gasteiger partial charge in [-0.3, -0.25) is 0 Å². The van der Waals surface area contributed by atoms with E-state index in [2.05, 4.69) is 5.32 Å². The Labute approximate surface area is 79.5 Å². The highest BCUT2D eigenvalue weighted by atomic mass is 16.3. The summed E-state index contributed by atoms with van der Waals surface area (Å²) in [6, 6.07) is -0.471. The molecule has 2 amide bonds. The summed E-state index contributed by atoms with van der Waals surface area (Å²) in [6.45, 7) is 4.87. The monoisotopic (exact) mass is 188 g/mol. The largest absolute Gasteiger partial charge is 0.396 e. The van der Waals surface area contributed by atoms with Crippen molar-refractivity contribution in [2.24, 2.45) is 11.1 Å². The van der Waals surface area contributed by atoms with Gasteiger partial charge in [0, 0.05) is 13.2 Å². The third kappa shape index (κ3) is 7.59. The van der Waals surface area contributed by atoms with E-state index in [9.17, 15) is 4.79 Å². The summed E-state index contributed by atoms with van der Waals surface area (Å²) in [5.74, 6) is 0. The molecular weight excluding hydrogens is 168 g/mol. The number of nitrogens with two attached hydrogens (primary N) is 1. The fourth-order valence-electron chi connectivity index (χ4n) is 1.02. The van der Waals surface area contributed by atoms with Gasteiger partial charge in [-0.15, -0.1) is 0 Å². The normalized spacial score (nSPS) is 11.3. The van der Waals surface area contributed by atoms with Gasteiger partial charge in [-0.05, 0) is 18.3 Å². The topological polar surface area (TPSA) is 75.3 Å². The summed E-state index contributed by atoms with van der Waals surface area (Å²) in [5, 5.41) is 11.5. The molecule has 0 aromatic carbocycles. The molecule has 0 heterocycles. The highest BCUT2D eigenvalue weighted by Gasteiger charge is 2.14. The zero-order chi connectivity index (χ0) is 10.3. The van der Waals surface area contributed by atoms with Crippen molar-refractivity contribution in [3.63, 3.8) is 0 Å². The maximum absolute atomic E-state index is 10.3. The molecule has 0 spiro atoms. The molecule has 0 saturated heterocycles. The van der Waals surface area contributed by atoms with E-state index in [0.29, 0.717) is 6.54 Å². The van der Waals surface area contributed by atoms with Crippen molar-refractivity contribution in [1.82, 2.24) is 5.32 Å². The van der Waals surface area contributed by atoms with Crippen LogP contribution < -0.4 is 11.1 Å². The second kappa shape index (κ2) is 5.80. The molecule has 0 atom stereocenters. The predicted octanol–water partition coefficient (Wildman–Crippen LogP) is 0.844. The van der Waals surface area contributed by atoms with Crippen molar-refractivity contribution in [2.75, 3.05) is 13.2 Å². The van der Waals surface area contributed by atoms with Gasteiger partial charge >= 0.3 is 6.03 Å². The number of aliphatic hydroxyl groups is 1. The number of aliphatic hydroxyl groups excluding tert-OH is 1. The van der Waals surface area contributed by atoms with E-state index in [1.54, 1.807) is 0 Å². The first-order valence-corrected chi connectivity index (χ1v) is 4.62. The lowest BCUT2D eigenvalue weighted by atomic mass is 9.88. The molecule has 0 radical (unpaired) electrons. The molecule has 0 aliphatic carbocycles. The maximum Gasteiger partial charge on any atom is 0.312 e. The van der Waals surface area contributed by atoms with E-state index in [4.69, 9.17) is 10.8 Å². The van der Waals surface area contributed by atoms with Crippen LogP contribution in [0.2, 0.25) is 0 Å². The summed E-state index contributed by atoms with van der Waals surface area (Å²) >= 11 is 0. The highest BCUT2D eigenvalue weighted by molar-refractivity contribution is 5.71. The summed E-state index contributed by atoms with van der Waals surface area (Å²) in [6.07, 6.45) is 2.87. The second-order valence-electron chi connectivity index (χ2n) is 4.07. The molecule has 0 saturated carbocycles. The number of amides is 2. The second-order valence-corrected chi connectivity index (χ2v) is 4.07. The fraction of sp³-hybridized carbons (Fsp3) is 0.889. The number of nitrogens with one attached hydrogen (secondary N) is 1. The zero-order valence-corrected chi connectivity index (χ0v) is 8.47. The molecule has 0 aromatic heterocycles. The van der Waals surface area contributed by atoms with Crippen LogP contribution in [0.5, 0.6) is 0 Å². The molecule has 0 aliphatic rings. The Morgan fingerprint density at radius 1 is 1.46 bits per heavy atom. The van der Waals surface area contributed by atoms with Crippen LogP contribution in [0.3, 0.4) is 0 Å². The summed E-state index contributed by atoms with van der Waals surface area (Å²) in [7, 11) is 0. The van der Waals surface area contributed by atoms with E-state index in [1.807, 2.05) is 13.8 Å². The van der Waals surface area contributed by atoms with Gasteiger partial charge in [0.05, 0.1) is 0 Å². The standard InChI is InChI=1S/C9H20N2O2/c1-9(2,7-12)5-3-4-6-11-8(10)13/h12H,3-7H2,1-2H3,(H3,10,11,13). The fourth-order valence-corrected chi connectivity index (χ4v) is 1.02. The van der Waals surface area contributed by atoms with Crippen LogP contribution in [-0.2, 0) is 0 Å². The van der Waals surface area contributed by atoms with Gasteiger partial charge in [-0.1, -0.05) is 20.3 Å². The Morgan fingerprint density at radius 2 is 2.08 bits per heavy atom. The lowest BCUT2D eigenvalue weighted by Gasteiger charge is -2.20. The third-order valence-corrected chi connectivity index (χ3v) is 2.01. The van der Waals surface area contributed by atoms with Gasteiger partial charge in [0.15, 0.2) is 0 Å². The minimum atomic E-state index is -0.471. The van der Waals surface area contributed by atoms with Gasteiger partial charge in [-0.25, -0.2) is 4.79 Å². The van der Waals surface area contributed by atoms with Crippen molar-refractivity contribution < 1.29 is 9.90 Å². The number of hydrogen-bond donors (Lipinski definition) is 3. The SMILES string of the molecule is CC(C)(CO)CCCCNC(N)=O. The number of rotatable bonds is 6. The van der Waals surface area contributed by atoms with E-state index in [0.717, 1.165) is 19.3 Å². The van der Waals surface area contributed by atoms with Crippen LogP contribution in [0.25, 0.3) is 0 Å². The van der Waals surface area contributed by atoms with Crippen LogP contribution in [-0.4, -0.2) is 24.3 Å². The van der Waals surface area contributed by atoms with E-state index in [-0.39, 0.29) is 12.0 Å². The molecule has 0 bridgehead atoms. The lowest BCUT2D eigenvalue weighted by Crippen LogP contribution is -2.30. The van der Waals surface area contributed by atoms with Crippen molar-refractivity contribution >= 4 is 6.03 Å². The third-order valence-electron chi connectivity index (χ3n) is 2.01. The molecule has 0 aromatic rings. The van der Waals surface area contributed by atoms with E-state index in [1.165, 1.54) is 0 Å². The van der Waals surface area contributed by atoms with Gasteiger partial charge in [0.25, 0.3) is 0 Å². The molecular formula is C9H20N2O2. The van der Waals surface area contributed by atoms with Gasteiger partial charge in [0.1, 0.15) is 0 Å². The number of carbonyl (C=O) groups excluding carboxylic acids is 1. The Hall–Kier alpha value is -0.770. The van der Waals surface area contributed by atoms with Crippen LogP contribution >= 0.6 is 0 Å². The first-order valence-electron chi connectivity index (χ1n) is 4.62. The summed E-state index contributed by atoms with van der Waals surface area (Å²) in [5.41, 5.74) is 4.89. The zero-order valence-electron chi connectivity index (χ0n) is 8.47. The van der Waals surface area contributed by atoms with Crippen LogP contribution in [0.4, 0.5) is 4.79 Å². The molecule has 0 fully saturated rings. The summed E-state index contributed by atoms with van der Waals surface area (Å²) in [4.78, 5) is 10.3. The molecule has 0 aliphatic heterocycles. The number of urea groups is 1. The molecule has 13 heavy (non-hydrogen) atoms. The minimum Gasteiger partial charge on any atom is -0.396 e. The Kier molecular flexibility index (Phi) is 5.46. The smallest absolute Gasteiger partial charge is 0.312 e. The number of unbranched alkanes of at least 4 members (excludes halogenated alkanes) is 1. The van der Waals surface area contributed by atoms with E-state index < -0.39 is 6.03 Å². The molecule has 0 rings (SSSR count). The van der Waals surface area contributed by atoms with E-state index >= 15 is 0 Å². The number of hydrogen-bond acceptors (Lipinski definition) is 2. The van der Waals surface area contributed by atoms with Gasteiger partial charge in [0.2, 0.25) is 0 Å². The lowest BCUT2D eigenvalue weighted by molar-refractivity contribution is 0.147. The predicted molar refractivity (Wildman–Crippen MR) is 52.3 cm³/mol. The Balaban J connectivity index is 3.30. The molecule has 0 unspecified atom stereocenters. The first kappa shape index (κ1) is 12.2. The number of primary amides is 1. The molecule has 78 valence electrons. The van der Waals surface area contributed by atoms with Crippen LogP contribution in [0.15, 0.2) is 0 Å². The Bertz CT molecular complexity index is 158.